The number of ether oxygens (including phenoxy) is 1. The Hall–Kier alpha value is -1.43. The fraction of sp³-hybridized carbons (Fsp3) is 0.684. The van der Waals surface area contributed by atoms with Gasteiger partial charge in [-0.25, -0.2) is 0 Å². The van der Waals surface area contributed by atoms with Gasteiger partial charge in [0.1, 0.15) is 5.75 Å². The van der Waals surface area contributed by atoms with Crippen LogP contribution in [-0.4, -0.2) is 43.0 Å². The lowest BCUT2D eigenvalue weighted by atomic mass is 9.77. The average molecular weight is 356 g/mol. The summed E-state index contributed by atoms with van der Waals surface area (Å²) < 4.78 is 40.7. The first-order valence-electron chi connectivity index (χ1n) is 8.92. The third-order valence-corrected chi connectivity index (χ3v) is 5.65. The smallest absolute Gasteiger partial charge is 0.406 e. The van der Waals surface area contributed by atoms with E-state index in [1.54, 1.807) is 12.1 Å². The summed E-state index contributed by atoms with van der Waals surface area (Å²) >= 11 is 0. The van der Waals surface area contributed by atoms with Gasteiger partial charge in [-0.2, -0.15) is 0 Å². The van der Waals surface area contributed by atoms with Crippen LogP contribution in [0.3, 0.4) is 0 Å². The SMILES string of the molecule is CC(C)(C)N1CCC2(CCN(c3ccc(OC(F)(F)F)cc3)C2)CC1. The summed E-state index contributed by atoms with van der Waals surface area (Å²) in [4.78, 5) is 4.84. The molecule has 0 amide bonds. The van der Waals surface area contributed by atoms with E-state index in [1.165, 1.54) is 25.0 Å². The molecule has 0 N–H and O–H groups in total. The molecule has 0 aromatic heterocycles. The standard InChI is InChI=1S/C19H27F3N2O/c1-17(2,3)24-12-9-18(10-13-24)8-11-23(14-18)15-4-6-16(7-5-15)25-19(20,21)22/h4-7H,8-14H2,1-3H3. The zero-order valence-corrected chi connectivity index (χ0v) is 15.2. The maximum absolute atomic E-state index is 12.3. The topological polar surface area (TPSA) is 15.7 Å². The number of hydrogen-bond acceptors (Lipinski definition) is 3. The molecule has 0 saturated carbocycles. The predicted octanol–water partition coefficient (Wildman–Crippen LogP) is 4.68. The summed E-state index contributed by atoms with van der Waals surface area (Å²) in [6, 6.07) is 6.25. The molecule has 2 heterocycles. The fourth-order valence-electron chi connectivity index (χ4n) is 4.07. The van der Waals surface area contributed by atoms with Crippen LogP contribution in [0.15, 0.2) is 24.3 Å². The maximum Gasteiger partial charge on any atom is 0.573 e. The molecule has 3 nitrogen and oxygen atoms in total. The molecule has 140 valence electrons. The number of alkyl halides is 3. The molecule has 0 atom stereocenters. The highest BCUT2D eigenvalue weighted by atomic mass is 19.4. The molecule has 1 spiro atoms. The van der Waals surface area contributed by atoms with Crippen molar-refractivity contribution >= 4 is 5.69 Å². The molecule has 2 fully saturated rings. The van der Waals surface area contributed by atoms with Crippen molar-refractivity contribution in [2.75, 3.05) is 31.1 Å². The second-order valence-electron chi connectivity index (χ2n) is 8.37. The number of piperidine rings is 1. The van der Waals surface area contributed by atoms with Gasteiger partial charge in [-0.05, 0) is 82.8 Å². The van der Waals surface area contributed by atoms with E-state index in [1.807, 2.05) is 0 Å². The van der Waals surface area contributed by atoms with Crippen LogP contribution in [-0.2, 0) is 0 Å². The second-order valence-corrected chi connectivity index (χ2v) is 8.37. The van der Waals surface area contributed by atoms with Crippen molar-refractivity contribution < 1.29 is 17.9 Å². The molecule has 2 saturated heterocycles. The van der Waals surface area contributed by atoms with E-state index in [0.717, 1.165) is 38.3 Å². The highest BCUT2D eigenvalue weighted by Crippen LogP contribution is 2.43. The van der Waals surface area contributed by atoms with Gasteiger partial charge in [0.15, 0.2) is 0 Å². The van der Waals surface area contributed by atoms with Gasteiger partial charge in [0.25, 0.3) is 0 Å². The minimum Gasteiger partial charge on any atom is -0.406 e. The molecular weight excluding hydrogens is 329 g/mol. The first-order valence-corrected chi connectivity index (χ1v) is 8.92. The van der Waals surface area contributed by atoms with E-state index in [4.69, 9.17) is 0 Å². The van der Waals surface area contributed by atoms with Crippen molar-refractivity contribution in [1.29, 1.82) is 0 Å². The normalized spacial score (nSPS) is 21.8. The van der Waals surface area contributed by atoms with Crippen LogP contribution < -0.4 is 9.64 Å². The van der Waals surface area contributed by atoms with Crippen molar-refractivity contribution in [2.45, 2.75) is 51.9 Å². The molecule has 1 aromatic carbocycles. The van der Waals surface area contributed by atoms with Crippen LogP contribution in [0.4, 0.5) is 18.9 Å². The number of nitrogens with zero attached hydrogens (tertiary/aromatic N) is 2. The van der Waals surface area contributed by atoms with Crippen LogP contribution in [0.5, 0.6) is 5.75 Å². The first-order chi connectivity index (χ1) is 11.6. The highest BCUT2D eigenvalue weighted by Gasteiger charge is 2.42. The summed E-state index contributed by atoms with van der Waals surface area (Å²) in [5.74, 6) is -0.163. The summed E-state index contributed by atoms with van der Waals surface area (Å²) in [6.07, 6.45) is -1.10. The summed E-state index contributed by atoms with van der Waals surface area (Å²) in [5.41, 5.74) is 1.54. The van der Waals surface area contributed by atoms with Gasteiger partial charge in [0.2, 0.25) is 0 Å². The van der Waals surface area contributed by atoms with Crippen LogP contribution in [0.1, 0.15) is 40.0 Å². The number of hydrogen-bond donors (Lipinski definition) is 0. The number of likely N-dealkylation sites (tertiary alicyclic amines) is 1. The largest absolute Gasteiger partial charge is 0.573 e. The molecule has 1 aromatic rings. The van der Waals surface area contributed by atoms with Crippen molar-refractivity contribution in [3.8, 4) is 5.75 Å². The molecule has 2 aliphatic heterocycles. The Morgan fingerprint density at radius 3 is 2.00 bits per heavy atom. The van der Waals surface area contributed by atoms with Crippen LogP contribution >= 0.6 is 0 Å². The Bertz CT molecular complexity index is 584. The third kappa shape index (κ3) is 4.40. The average Bonchev–Trinajstić information content (AvgIpc) is 2.90. The van der Waals surface area contributed by atoms with Gasteiger partial charge >= 0.3 is 6.36 Å². The van der Waals surface area contributed by atoms with E-state index in [2.05, 4.69) is 35.3 Å². The minimum absolute atomic E-state index is 0.163. The molecule has 25 heavy (non-hydrogen) atoms. The number of anilines is 1. The van der Waals surface area contributed by atoms with E-state index in [9.17, 15) is 13.2 Å². The molecule has 0 radical (unpaired) electrons. The molecule has 0 aliphatic carbocycles. The van der Waals surface area contributed by atoms with Crippen molar-refractivity contribution in [3.63, 3.8) is 0 Å². The lowest BCUT2D eigenvalue weighted by Gasteiger charge is -2.45. The van der Waals surface area contributed by atoms with E-state index >= 15 is 0 Å². The molecule has 0 bridgehead atoms. The van der Waals surface area contributed by atoms with E-state index in [-0.39, 0.29) is 11.3 Å². The van der Waals surface area contributed by atoms with Crippen LogP contribution in [0, 0.1) is 5.41 Å². The molecule has 3 rings (SSSR count). The predicted molar refractivity (Wildman–Crippen MR) is 92.9 cm³/mol. The minimum atomic E-state index is -4.64. The van der Waals surface area contributed by atoms with E-state index < -0.39 is 6.36 Å². The molecule has 6 heteroatoms. The summed E-state index contributed by atoms with van der Waals surface area (Å²) in [7, 11) is 0. The lowest BCUT2D eigenvalue weighted by molar-refractivity contribution is -0.274. The Morgan fingerprint density at radius 1 is 0.920 bits per heavy atom. The van der Waals surface area contributed by atoms with Gasteiger partial charge in [0.05, 0.1) is 0 Å². The molecule has 0 unspecified atom stereocenters. The van der Waals surface area contributed by atoms with Crippen molar-refractivity contribution in [1.82, 2.24) is 4.90 Å². The Morgan fingerprint density at radius 2 is 1.48 bits per heavy atom. The zero-order valence-electron chi connectivity index (χ0n) is 15.2. The summed E-state index contributed by atoms with van der Waals surface area (Å²) in [6.45, 7) is 11.0. The second kappa shape index (κ2) is 6.38. The Labute approximate surface area is 147 Å². The lowest BCUT2D eigenvalue weighted by Crippen LogP contribution is -2.49. The monoisotopic (exact) mass is 356 g/mol. The van der Waals surface area contributed by atoms with E-state index in [0.29, 0.717) is 5.41 Å². The third-order valence-electron chi connectivity index (χ3n) is 5.65. The highest BCUT2D eigenvalue weighted by molar-refractivity contribution is 5.50. The number of benzene rings is 1. The van der Waals surface area contributed by atoms with Gasteiger partial charge in [0, 0.05) is 24.3 Å². The van der Waals surface area contributed by atoms with Crippen molar-refractivity contribution in [3.05, 3.63) is 24.3 Å². The molecule has 2 aliphatic rings. The van der Waals surface area contributed by atoms with Gasteiger partial charge < -0.3 is 9.64 Å². The summed E-state index contributed by atoms with van der Waals surface area (Å²) in [5, 5.41) is 0. The maximum atomic E-state index is 12.3. The van der Waals surface area contributed by atoms with Gasteiger partial charge in [-0.3, -0.25) is 4.90 Å². The van der Waals surface area contributed by atoms with Crippen molar-refractivity contribution in [2.24, 2.45) is 5.41 Å². The first kappa shape index (κ1) is 18.4. The van der Waals surface area contributed by atoms with Gasteiger partial charge in [-0.15, -0.1) is 13.2 Å². The number of rotatable bonds is 2. The van der Waals surface area contributed by atoms with Gasteiger partial charge in [-0.1, -0.05) is 0 Å². The van der Waals surface area contributed by atoms with Crippen LogP contribution in [0.2, 0.25) is 0 Å². The zero-order chi connectivity index (χ0) is 18.3. The van der Waals surface area contributed by atoms with Crippen LogP contribution in [0.25, 0.3) is 0 Å². The fourth-order valence-corrected chi connectivity index (χ4v) is 4.07. The Kier molecular flexibility index (Phi) is 4.69. The molecular formula is C19H27F3N2O. The Balaban J connectivity index is 1.60. The quantitative estimate of drug-likeness (QED) is 0.765. The number of halogens is 3.